The van der Waals surface area contributed by atoms with Gasteiger partial charge in [0.15, 0.2) is 0 Å². The fourth-order valence-corrected chi connectivity index (χ4v) is 3.75. The molecule has 0 saturated carbocycles. The van der Waals surface area contributed by atoms with E-state index in [2.05, 4.69) is 10.2 Å². The Morgan fingerprint density at radius 3 is 2.64 bits per heavy atom. The molecule has 2 amide bonds. The van der Waals surface area contributed by atoms with E-state index in [-0.39, 0.29) is 17.7 Å². The van der Waals surface area contributed by atoms with Gasteiger partial charge in [-0.1, -0.05) is 13.8 Å². The van der Waals surface area contributed by atoms with Gasteiger partial charge in [0.25, 0.3) is 0 Å². The molecular formula is C17H31N3O2. The Labute approximate surface area is 134 Å². The maximum atomic E-state index is 12.3. The lowest BCUT2D eigenvalue weighted by Gasteiger charge is -2.46. The zero-order valence-electron chi connectivity index (χ0n) is 14.5. The Bertz CT molecular complexity index is 409. The first-order valence-corrected chi connectivity index (χ1v) is 8.60. The molecule has 5 heteroatoms. The van der Waals surface area contributed by atoms with Gasteiger partial charge in [0, 0.05) is 45.6 Å². The SMILES string of the molecule is CC(C)C(=O)N1C[C@@H]2CN[C@H](CCCC(=O)N(C)C)[C@H](C2)C1. The van der Waals surface area contributed by atoms with Gasteiger partial charge in [-0.2, -0.15) is 0 Å². The molecule has 2 aliphatic rings. The van der Waals surface area contributed by atoms with E-state index in [0.29, 0.717) is 24.3 Å². The van der Waals surface area contributed by atoms with Crippen LogP contribution in [0.5, 0.6) is 0 Å². The van der Waals surface area contributed by atoms with Crippen molar-refractivity contribution in [2.75, 3.05) is 33.7 Å². The summed E-state index contributed by atoms with van der Waals surface area (Å²) in [6.45, 7) is 6.76. The maximum absolute atomic E-state index is 12.3. The van der Waals surface area contributed by atoms with Crippen molar-refractivity contribution in [3.63, 3.8) is 0 Å². The topological polar surface area (TPSA) is 52.7 Å². The van der Waals surface area contributed by atoms with Gasteiger partial charge in [-0.05, 0) is 37.6 Å². The van der Waals surface area contributed by atoms with Crippen LogP contribution >= 0.6 is 0 Å². The minimum atomic E-state index is 0.0861. The number of rotatable bonds is 5. The van der Waals surface area contributed by atoms with Crippen molar-refractivity contribution in [1.29, 1.82) is 0 Å². The van der Waals surface area contributed by atoms with Crippen LogP contribution in [0.1, 0.15) is 39.5 Å². The van der Waals surface area contributed by atoms with E-state index >= 15 is 0 Å². The van der Waals surface area contributed by atoms with Crippen LogP contribution in [-0.4, -0.2) is 61.4 Å². The fraction of sp³-hybridized carbons (Fsp3) is 0.882. The van der Waals surface area contributed by atoms with Gasteiger partial charge in [0.05, 0.1) is 0 Å². The first-order chi connectivity index (χ1) is 10.4. The third kappa shape index (κ3) is 4.22. The quantitative estimate of drug-likeness (QED) is 0.834. The van der Waals surface area contributed by atoms with Crippen LogP contribution in [0, 0.1) is 17.8 Å². The number of carbonyl (C=O) groups excluding carboxylic acids is 2. The molecule has 0 spiro atoms. The second-order valence-corrected chi connectivity index (χ2v) is 7.45. The van der Waals surface area contributed by atoms with Crippen LogP contribution in [0.15, 0.2) is 0 Å². The highest BCUT2D eigenvalue weighted by atomic mass is 16.2. The van der Waals surface area contributed by atoms with Crippen molar-refractivity contribution in [1.82, 2.24) is 15.1 Å². The second kappa shape index (κ2) is 7.44. The minimum absolute atomic E-state index is 0.0861. The van der Waals surface area contributed by atoms with Crippen molar-refractivity contribution >= 4 is 11.8 Å². The average molecular weight is 309 g/mol. The molecule has 0 aromatic carbocycles. The summed E-state index contributed by atoms with van der Waals surface area (Å²) < 4.78 is 0. The van der Waals surface area contributed by atoms with Crippen LogP contribution < -0.4 is 5.32 Å². The molecule has 126 valence electrons. The van der Waals surface area contributed by atoms with E-state index < -0.39 is 0 Å². The summed E-state index contributed by atoms with van der Waals surface area (Å²) in [6, 6.07) is 0.453. The van der Waals surface area contributed by atoms with E-state index in [9.17, 15) is 9.59 Å². The van der Waals surface area contributed by atoms with Crippen molar-refractivity contribution in [2.24, 2.45) is 17.8 Å². The molecule has 5 nitrogen and oxygen atoms in total. The molecule has 0 aliphatic carbocycles. The summed E-state index contributed by atoms with van der Waals surface area (Å²) in [5.41, 5.74) is 0. The maximum Gasteiger partial charge on any atom is 0.225 e. The fourth-order valence-electron chi connectivity index (χ4n) is 3.75. The molecule has 2 rings (SSSR count). The highest BCUT2D eigenvalue weighted by molar-refractivity contribution is 5.78. The summed E-state index contributed by atoms with van der Waals surface area (Å²) in [5, 5.41) is 3.65. The Balaban J connectivity index is 1.85. The lowest BCUT2D eigenvalue weighted by Crippen LogP contribution is -2.57. The van der Waals surface area contributed by atoms with E-state index in [4.69, 9.17) is 0 Å². The molecule has 3 atom stereocenters. The number of fused-ring (bicyclic) bond motifs is 2. The van der Waals surface area contributed by atoms with Gasteiger partial charge in [0.2, 0.25) is 11.8 Å². The smallest absolute Gasteiger partial charge is 0.225 e. The van der Waals surface area contributed by atoms with Crippen LogP contribution in [0.2, 0.25) is 0 Å². The molecule has 0 unspecified atom stereocenters. The highest BCUT2D eigenvalue weighted by Crippen LogP contribution is 2.31. The number of piperidine rings is 2. The van der Waals surface area contributed by atoms with Crippen LogP contribution in [-0.2, 0) is 9.59 Å². The van der Waals surface area contributed by atoms with Crippen molar-refractivity contribution < 1.29 is 9.59 Å². The first kappa shape index (κ1) is 17.3. The largest absolute Gasteiger partial charge is 0.349 e. The lowest BCUT2D eigenvalue weighted by molar-refractivity contribution is -0.138. The van der Waals surface area contributed by atoms with Crippen LogP contribution in [0.4, 0.5) is 0 Å². The summed E-state index contributed by atoms with van der Waals surface area (Å²) in [4.78, 5) is 27.7. The van der Waals surface area contributed by atoms with Crippen molar-refractivity contribution in [3.8, 4) is 0 Å². The molecular weight excluding hydrogens is 278 g/mol. The Morgan fingerprint density at radius 2 is 2.00 bits per heavy atom. The summed E-state index contributed by atoms with van der Waals surface area (Å²) >= 11 is 0. The molecule has 2 heterocycles. The number of hydrogen-bond donors (Lipinski definition) is 1. The average Bonchev–Trinajstić information content (AvgIpc) is 2.48. The predicted octanol–water partition coefficient (Wildman–Crippen LogP) is 1.34. The first-order valence-electron chi connectivity index (χ1n) is 8.60. The number of hydrogen-bond acceptors (Lipinski definition) is 3. The number of nitrogens with one attached hydrogen (secondary N) is 1. The van der Waals surface area contributed by atoms with Gasteiger partial charge in [-0.15, -0.1) is 0 Å². The van der Waals surface area contributed by atoms with Crippen LogP contribution in [0.25, 0.3) is 0 Å². The van der Waals surface area contributed by atoms with E-state index in [0.717, 1.165) is 32.5 Å². The van der Waals surface area contributed by atoms with Crippen LogP contribution in [0.3, 0.4) is 0 Å². The molecule has 2 saturated heterocycles. The zero-order chi connectivity index (χ0) is 16.3. The second-order valence-electron chi connectivity index (χ2n) is 7.45. The number of amides is 2. The molecule has 1 N–H and O–H groups in total. The number of nitrogens with zero attached hydrogens (tertiary/aromatic N) is 2. The third-order valence-corrected chi connectivity index (χ3v) is 5.02. The molecule has 2 bridgehead atoms. The molecule has 22 heavy (non-hydrogen) atoms. The molecule has 0 aromatic heterocycles. The number of carbonyl (C=O) groups is 2. The molecule has 2 fully saturated rings. The lowest BCUT2D eigenvalue weighted by atomic mass is 9.78. The zero-order valence-corrected chi connectivity index (χ0v) is 14.5. The monoisotopic (exact) mass is 309 g/mol. The number of likely N-dealkylation sites (tertiary alicyclic amines) is 1. The molecule has 0 aromatic rings. The Hall–Kier alpha value is -1.10. The van der Waals surface area contributed by atoms with Crippen molar-refractivity contribution in [3.05, 3.63) is 0 Å². The van der Waals surface area contributed by atoms with E-state index in [1.54, 1.807) is 4.90 Å². The Morgan fingerprint density at radius 1 is 1.27 bits per heavy atom. The molecule has 2 aliphatic heterocycles. The van der Waals surface area contributed by atoms with Gasteiger partial charge < -0.3 is 15.1 Å². The Kier molecular flexibility index (Phi) is 5.84. The van der Waals surface area contributed by atoms with Gasteiger partial charge >= 0.3 is 0 Å². The summed E-state index contributed by atoms with van der Waals surface area (Å²) in [5.74, 6) is 1.72. The van der Waals surface area contributed by atoms with Gasteiger partial charge in [0.1, 0.15) is 0 Å². The standard InChI is InChI=1S/C17H31N3O2/c1-12(2)17(22)20-10-13-8-14(11-20)15(18-9-13)6-5-7-16(21)19(3)4/h12-15,18H,5-11H2,1-4H3/t13-,14+,15+/m0/s1. The normalized spacial score (nSPS) is 27.9. The summed E-state index contributed by atoms with van der Waals surface area (Å²) in [7, 11) is 3.62. The molecule has 0 radical (unpaired) electrons. The van der Waals surface area contributed by atoms with E-state index in [1.165, 1.54) is 6.42 Å². The predicted molar refractivity (Wildman–Crippen MR) is 87.4 cm³/mol. The minimum Gasteiger partial charge on any atom is -0.349 e. The van der Waals surface area contributed by atoms with Crippen molar-refractivity contribution in [2.45, 2.75) is 45.6 Å². The summed E-state index contributed by atoms with van der Waals surface area (Å²) in [6.07, 6.45) is 3.80. The van der Waals surface area contributed by atoms with E-state index in [1.807, 2.05) is 27.9 Å². The third-order valence-electron chi connectivity index (χ3n) is 5.02. The van der Waals surface area contributed by atoms with Gasteiger partial charge in [-0.25, -0.2) is 0 Å². The highest BCUT2D eigenvalue weighted by Gasteiger charge is 2.38. The van der Waals surface area contributed by atoms with Gasteiger partial charge in [-0.3, -0.25) is 9.59 Å².